The number of thioether (sulfide) groups is 1. The number of benzene rings is 1. The van der Waals surface area contributed by atoms with Gasteiger partial charge in [-0.15, -0.1) is 11.8 Å². The monoisotopic (exact) mass is 491 g/mol. The van der Waals surface area contributed by atoms with Crippen LogP contribution >= 0.6 is 11.8 Å². The van der Waals surface area contributed by atoms with Crippen LogP contribution in [0.25, 0.3) is 0 Å². The molecule has 0 saturated carbocycles. The van der Waals surface area contributed by atoms with Crippen LogP contribution in [0.3, 0.4) is 0 Å². The molecule has 3 aliphatic rings. The molecule has 0 aromatic heterocycles. The SMILES string of the molecule is C[C@@H](O)[C@H]1C(=O)N2C(C(=O)O)=C(S[C@@H]3CN[C@H](C(=O)Nc4cccc(C(=O)O)c4)C3)[C@H](CO)[C@H]12. The second-order valence-corrected chi connectivity index (χ2v) is 9.93. The van der Waals surface area contributed by atoms with Crippen molar-refractivity contribution in [3.8, 4) is 0 Å². The number of carbonyl (C=O) groups is 4. The summed E-state index contributed by atoms with van der Waals surface area (Å²) in [5.74, 6) is -4.61. The van der Waals surface area contributed by atoms with Crippen LogP contribution in [0, 0.1) is 11.8 Å². The number of rotatable bonds is 8. The third-order valence-corrected chi connectivity index (χ3v) is 7.85. The summed E-state index contributed by atoms with van der Waals surface area (Å²) in [6.45, 7) is 1.49. The first-order chi connectivity index (χ1) is 16.1. The normalized spacial score (nSPS) is 29.0. The summed E-state index contributed by atoms with van der Waals surface area (Å²) in [7, 11) is 0. The number of aromatic carboxylic acids is 1. The van der Waals surface area contributed by atoms with Crippen molar-refractivity contribution in [2.24, 2.45) is 11.8 Å². The van der Waals surface area contributed by atoms with Gasteiger partial charge in [0.05, 0.1) is 36.3 Å². The van der Waals surface area contributed by atoms with Gasteiger partial charge in [0, 0.05) is 28.3 Å². The second-order valence-electron chi connectivity index (χ2n) is 8.58. The molecule has 4 rings (SSSR count). The van der Waals surface area contributed by atoms with Crippen molar-refractivity contribution in [2.45, 2.75) is 36.8 Å². The van der Waals surface area contributed by atoms with Gasteiger partial charge in [-0.3, -0.25) is 9.59 Å². The van der Waals surface area contributed by atoms with Gasteiger partial charge in [0.1, 0.15) is 5.70 Å². The molecule has 1 aromatic rings. The summed E-state index contributed by atoms with van der Waals surface area (Å²) < 4.78 is 0. The van der Waals surface area contributed by atoms with Crippen molar-refractivity contribution in [3.63, 3.8) is 0 Å². The van der Waals surface area contributed by atoms with E-state index in [9.17, 15) is 34.5 Å². The molecule has 34 heavy (non-hydrogen) atoms. The lowest BCUT2D eigenvalue weighted by Gasteiger charge is -2.46. The number of aliphatic hydroxyl groups is 2. The van der Waals surface area contributed by atoms with Crippen LogP contribution in [0.5, 0.6) is 0 Å². The van der Waals surface area contributed by atoms with Crippen LogP contribution in [0.1, 0.15) is 23.7 Å². The number of nitrogens with one attached hydrogen (secondary N) is 2. The fourth-order valence-electron chi connectivity index (χ4n) is 4.84. The van der Waals surface area contributed by atoms with Crippen molar-refractivity contribution >= 4 is 41.2 Å². The lowest BCUT2D eigenvalue weighted by Crippen LogP contribution is -2.64. The van der Waals surface area contributed by atoms with Crippen LogP contribution in [-0.4, -0.2) is 85.7 Å². The van der Waals surface area contributed by atoms with Crippen molar-refractivity contribution in [2.75, 3.05) is 18.5 Å². The van der Waals surface area contributed by atoms with Crippen LogP contribution in [0.2, 0.25) is 0 Å². The summed E-state index contributed by atoms with van der Waals surface area (Å²) in [6, 6.07) is 4.69. The predicted molar refractivity (Wildman–Crippen MR) is 121 cm³/mol. The Morgan fingerprint density at radius 2 is 2.00 bits per heavy atom. The molecule has 0 radical (unpaired) electrons. The number of fused-ring (bicyclic) bond motifs is 1. The summed E-state index contributed by atoms with van der Waals surface area (Å²) in [5, 5.41) is 44.4. The van der Waals surface area contributed by atoms with Crippen molar-refractivity contribution < 1.29 is 39.6 Å². The van der Waals surface area contributed by atoms with Gasteiger partial charge in [-0.1, -0.05) is 6.07 Å². The first kappa shape index (κ1) is 24.2. The molecule has 1 aromatic carbocycles. The topological polar surface area (TPSA) is 176 Å². The zero-order valence-corrected chi connectivity index (χ0v) is 19.0. The highest BCUT2D eigenvalue weighted by atomic mass is 32.2. The number of nitrogens with zero attached hydrogens (tertiary/aromatic N) is 1. The van der Waals surface area contributed by atoms with Crippen molar-refractivity contribution in [1.29, 1.82) is 0 Å². The number of hydrogen-bond acceptors (Lipinski definition) is 8. The van der Waals surface area contributed by atoms with Gasteiger partial charge in [-0.25, -0.2) is 9.59 Å². The number of carbonyl (C=O) groups excluding carboxylic acids is 2. The molecule has 6 atom stereocenters. The number of carboxylic acids is 2. The Morgan fingerprint density at radius 1 is 1.26 bits per heavy atom. The van der Waals surface area contributed by atoms with Gasteiger partial charge in [0.25, 0.3) is 0 Å². The molecule has 11 nitrogen and oxygen atoms in total. The zero-order valence-electron chi connectivity index (χ0n) is 18.2. The fraction of sp³-hybridized carbons (Fsp3) is 0.455. The number of aliphatic carboxylic acids is 1. The van der Waals surface area contributed by atoms with E-state index in [-0.39, 0.29) is 29.0 Å². The van der Waals surface area contributed by atoms with Crippen LogP contribution in [0.15, 0.2) is 34.9 Å². The molecule has 2 fully saturated rings. The van der Waals surface area contributed by atoms with Crippen LogP contribution in [-0.2, 0) is 14.4 Å². The molecule has 0 aliphatic carbocycles. The van der Waals surface area contributed by atoms with E-state index in [1.54, 1.807) is 6.07 Å². The highest BCUT2D eigenvalue weighted by Gasteiger charge is 2.61. The number of hydrogen-bond donors (Lipinski definition) is 6. The quantitative estimate of drug-likeness (QED) is 0.270. The van der Waals surface area contributed by atoms with E-state index in [2.05, 4.69) is 10.6 Å². The van der Waals surface area contributed by atoms with Crippen LogP contribution in [0.4, 0.5) is 5.69 Å². The van der Waals surface area contributed by atoms with Crippen molar-refractivity contribution in [3.05, 3.63) is 40.4 Å². The molecule has 12 heteroatoms. The number of β-lactam (4-membered cyclic amide) rings is 1. The Morgan fingerprint density at radius 3 is 2.62 bits per heavy atom. The average molecular weight is 492 g/mol. The Bertz CT molecular complexity index is 1070. The number of carboxylic acid groups (broad SMARTS) is 2. The Balaban J connectivity index is 1.46. The largest absolute Gasteiger partial charge is 0.478 e. The third kappa shape index (κ3) is 4.17. The minimum atomic E-state index is -1.28. The van der Waals surface area contributed by atoms with E-state index in [4.69, 9.17) is 5.11 Å². The van der Waals surface area contributed by atoms with Gasteiger partial charge in [0.2, 0.25) is 11.8 Å². The number of anilines is 1. The van der Waals surface area contributed by atoms with E-state index >= 15 is 0 Å². The molecule has 2 amide bonds. The second kappa shape index (κ2) is 9.37. The van der Waals surface area contributed by atoms with Gasteiger partial charge in [-0.05, 0) is 31.5 Å². The highest BCUT2D eigenvalue weighted by Crippen LogP contribution is 2.51. The molecule has 0 spiro atoms. The summed E-state index contributed by atoms with van der Waals surface area (Å²) >= 11 is 1.22. The van der Waals surface area contributed by atoms with Gasteiger partial charge >= 0.3 is 11.9 Å². The molecule has 3 aliphatic heterocycles. The molecule has 182 valence electrons. The fourth-order valence-corrected chi connectivity index (χ4v) is 6.35. The maximum absolute atomic E-state index is 12.7. The molecule has 6 N–H and O–H groups in total. The van der Waals surface area contributed by atoms with Crippen LogP contribution < -0.4 is 10.6 Å². The first-order valence-electron chi connectivity index (χ1n) is 10.8. The lowest BCUT2D eigenvalue weighted by molar-refractivity contribution is -0.164. The maximum Gasteiger partial charge on any atom is 0.353 e. The smallest absolute Gasteiger partial charge is 0.353 e. The average Bonchev–Trinajstić information content (AvgIpc) is 3.35. The Kier molecular flexibility index (Phi) is 6.67. The molecule has 2 saturated heterocycles. The maximum atomic E-state index is 12.7. The summed E-state index contributed by atoms with van der Waals surface area (Å²) in [6.07, 6.45) is -0.606. The minimum Gasteiger partial charge on any atom is -0.478 e. The van der Waals surface area contributed by atoms with Gasteiger partial charge in [0.15, 0.2) is 0 Å². The first-order valence-corrected chi connectivity index (χ1v) is 11.7. The summed E-state index contributed by atoms with van der Waals surface area (Å²) in [4.78, 5) is 49.8. The minimum absolute atomic E-state index is 0.0460. The van der Waals surface area contributed by atoms with E-state index in [1.165, 1.54) is 36.9 Å². The van der Waals surface area contributed by atoms with Gasteiger partial charge < -0.3 is 36.0 Å². The summed E-state index contributed by atoms with van der Waals surface area (Å²) in [5.41, 5.74) is 0.223. The predicted octanol–water partition coefficient (Wildman–Crippen LogP) is -0.0869. The van der Waals surface area contributed by atoms with Gasteiger partial charge in [-0.2, -0.15) is 0 Å². The highest BCUT2D eigenvalue weighted by molar-refractivity contribution is 8.03. The molecule has 0 unspecified atom stereocenters. The number of amides is 2. The van der Waals surface area contributed by atoms with Crippen molar-refractivity contribution in [1.82, 2.24) is 10.2 Å². The molecule has 0 bridgehead atoms. The van der Waals surface area contributed by atoms with E-state index in [0.717, 1.165) is 4.90 Å². The van der Waals surface area contributed by atoms with E-state index in [1.807, 2.05) is 0 Å². The lowest BCUT2D eigenvalue weighted by atomic mass is 9.79. The Hall–Kier alpha value is -2.93. The standard InChI is InChI=1S/C22H25N3O8S/c1-9(27)15-16-13(8-26)18(17(22(32)33)25(16)20(15)29)34-12-6-14(23-7-12)19(28)24-11-4-2-3-10(5-11)21(30)31/h2-5,9,12-16,23,26-27H,6-8H2,1H3,(H,24,28)(H,30,31)(H,32,33)/t9-,12+,13-,14+,15-,16-/m1/s1. The third-order valence-electron chi connectivity index (χ3n) is 6.41. The van der Waals surface area contributed by atoms with E-state index in [0.29, 0.717) is 23.6 Å². The molecular weight excluding hydrogens is 466 g/mol. The Labute approximate surface area is 198 Å². The zero-order chi connectivity index (χ0) is 24.7. The molecular formula is C22H25N3O8S. The molecule has 3 heterocycles. The van der Waals surface area contributed by atoms with E-state index < -0.39 is 47.9 Å². The number of aliphatic hydroxyl groups excluding tert-OH is 2.